The number of anilines is 1. The maximum atomic E-state index is 12.0. The predicted octanol–water partition coefficient (Wildman–Crippen LogP) is 1.33. The molecule has 2 unspecified atom stereocenters. The Hall–Kier alpha value is -1.55. The van der Waals surface area contributed by atoms with Crippen molar-refractivity contribution in [3.8, 4) is 6.07 Å². The van der Waals surface area contributed by atoms with Crippen molar-refractivity contribution >= 4 is 36.5 Å². The lowest BCUT2D eigenvalue weighted by Gasteiger charge is -2.41. The summed E-state index contributed by atoms with van der Waals surface area (Å²) in [6.45, 7) is 1.90. The van der Waals surface area contributed by atoms with Gasteiger partial charge in [-0.25, -0.2) is 4.98 Å². The van der Waals surface area contributed by atoms with E-state index in [1.165, 1.54) is 0 Å². The Morgan fingerprint density at radius 2 is 1.96 bits per heavy atom. The molecule has 0 spiro atoms. The molecular weight excluding hydrogens is 337 g/mol. The van der Waals surface area contributed by atoms with Gasteiger partial charge in [-0.3, -0.25) is 4.79 Å². The van der Waals surface area contributed by atoms with E-state index in [0.717, 1.165) is 31.7 Å². The van der Waals surface area contributed by atoms with Crippen molar-refractivity contribution < 1.29 is 4.79 Å². The number of carbonyl (C=O) groups excluding carboxylic acids is 1. The highest BCUT2D eigenvalue weighted by Crippen LogP contribution is 2.33. The van der Waals surface area contributed by atoms with Crippen LogP contribution in [0.15, 0.2) is 18.3 Å². The fourth-order valence-electron chi connectivity index (χ4n) is 3.37. The largest absolute Gasteiger partial charge is 0.347 e. The smallest absolute Gasteiger partial charge is 0.223 e. The molecule has 0 saturated carbocycles. The summed E-state index contributed by atoms with van der Waals surface area (Å²) in [4.78, 5) is 20.7. The molecule has 2 fully saturated rings. The number of rotatable bonds is 3. The van der Waals surface area contributed by atoms with Gasteiger partial charge in [-0.1, -0.05) is 0 Å². The number of pyridine rings is 1. The number of carbonyl (C=O) groups is 1. The third-order valence-electron chi connectivity index (χ3n) is 4.33. The quantitative estimate of drug-likeness (QED) is 0.881. The van der Waals surface area contributed by atoms with Crippen LogP contribution in [0.1, 0.15) is 24.8 Å². The number of amides is 1. The minimum Gasteiger partial charge on any atom is -0.347 e. The molecule has 126 valence electrons. The molecule has 2 N–H and O–H groups in total. The van der Waals surface area contributed by atoms with E-state index in [9.17, 15) is 4.79 Å². The zero-order valence-corrected chi connectivity index (χ0v) is 14.4. The number of nitrogens with two attached hydrogens (primary N) is 1. The molecule has 2 bridgehead atoms. The second-order valence-corrected chi connectivity index (χ2v) is 5.65. The third-order valence-corrected chi connectivity index (χ3v) is 4.33. The van der Waals surface area contributed by atoms with Crippen molar-refractivity contribution in [1.82, 2.24) is 9.88 Å². The van der Waals surface area contributed by atoms with Gasteiger partial charge in [0, 0.05) is 44.3 Å². The molecule has 0 aromatic carbocycles. The van der Waals surface area contributed by atoms with Gasteiger partial charge in [0.05, 0.1) is 5.56 Å². The van der Waals surface area contributed by atoms with E-state index in [4.69, 9.17) is 11.0 Å². The number of fused-ring (bicyclic) bond motifs is 2. The minimum atomic E-state index is 0. The second kappa shape index (κ2) is 8.34. The van der Waals surface area contributed by atoms with Crippen molar-refractivity contribution in [2.45, 2.75) is 31.3 Å². The summed E-state index contributed by atoms with van der Waals surface area (Å²) in [5.74, 6) is 1.06. The fourth-order valence-corrected chi connectivity index (χ4v) is 3.37. The van der Waals surface area contributed by atoms with E-state index in [-0.39, 0.29) is 30.7 Å². The molecule has 0 radical (unpaired) electrons. The lowest BCUT2D eigenvalue weighted by Crippen LogP contribution is -2.55. The molecule has 6 nitrogen and oxygen atoms in total. The van der Waals surface area contributed by atoms with E-state index in [0.29, 0.717) is 30.6 Å². The number of hydrogen-bond donors (Lipinski definition) is 1. The highest BCUT2D eigenvalue weighted by atomic mass is 35.5. The number of halogens is 2. The lowest BCUT2D eigenvalue weighted by molar-refractivity contribution is -0.131. The molecule has 2 saturated heterocycles. The Morgan fingerprint density at radius 1 is 1.30 bits per heavy atom. The van der Waals surface area contributed by atoms with Crippen LogP contribution in [0.5, 0.6) is 0 Å². The normalized spacial score (nSPS) is 21.9. The molecular formula is C15H21Cl2N5O. The van der Waals surface area contributed by atoms with Crippen LogP contribution < -0.4 is 10.6 Å². The minimum absolute atomic E-state index is 0. The summed E-state index contributed by atoms with van der Waals surface area (Å²) < 4.78 is 0. The number of nitriles is 1. The number of aromatic nitrogens is 1. The van der Waals surface area contributed by atoms with E-state index < -0.39 is 0 Å². The second-order valence-electron chi connectivity index (χ2n) is 5.65. The zero-order valence-electron chi connectivity index (χ0n) is 12.7. The van der Waals surface area contributed by atoms with Gasteiger partial charge in [0.15, 0.2) is 0 Å². The Labute approximate surface area is 148 Å². The number of likely N-dealkylation sites (tertiary alicyclic amines) is 1. The average Bonchev–Trinajstić information content (AvgIpc) is 2.77. The molecule has 1 amide bonds. The maximum Gasteiger partial charge on any atom is 0.223 e. The van der Waals surface area contributed by atoms with Crippen LogP contribution in [-0.2, 0) is 4.79 Å². The topological polar surface area (TPSA) is 86.2 Å². The molecule has 23 heavy (non-hydrogen) atoms. The van der Waals surface area contributed by atoms with E-state index in [1.807, 2.05) is 11.0 Å². The van der Waals surface area contributed by atoms with Crippen LogP contribution in [0.3, 0.4) is 0 Å². The average molecular weight is 358 g/mol. The first kappa shape index (κ1) is 19.5. The van der Waals surface area contributed by atoms with Crippen LogP contribution in [0, 0.1) is 11.3 Å². The number of hydrogen-bond acceptors (Lipinski definition) is 5. The molecule has 0 aliphatic carbocycles. The third kappa shape index (κ3) is 3.86. The van der Waals surface area contributed by atoms with E-state index in [2.05, 4.69) is 16.0 Å². The molecule has 1 aromatic heterocycles. The summed E-state index contributed by atoms with van der Waals surface area (Å²) in [5.41, 5.74) is 6.04. The van der Waals surface area contributed by atoms with Gasteiger partial charge in [0.2, 0.25) is 5.91 Å². The molecule has 2 aliphatic rings. The Balaban J connectivity index is 0.00000132. The van der Waals surface area contributed by atoms with Crippen molar-refractivity contribution in [2.75, 3.05) is 24.5 Å². The highest BCUT2D eigenvalue weighted by Gasteiger charge is 2.41. The van der Waals surface area contributed by atoms with Crippen molar-refractivity contribution in [2.24, 2.45) is 5.73 Å². The van der Waals surface area contributed by atoms with E-state index >= 15 is 0 Å². The lowest BCUT2D eigenvalue weighted by atomic mass is 10.1. The first-order valence-electron chi connectivity index (χ1n) is 7.35. The van der Waals surface area contributed by atoms with Crippen molar-refractivity contribution in [3.05, 3.63) is 23.9 Å². The predicted molar refractivity (Wildman–Crippen MR) is 93.0 cm³/mol. The zero-order chi connectivity index (χ0) is 14.8. The Bertz CT molecular complexity index is 560. The highest BCUT2D eigenvalue weighted by molar-refractivity contribution is 5.85. The van der Waals surface area contributed by atoms with Gasteiger partial charge in [0.1, 0.15) is 11.9 Å². The monoisotopic (exact) mass is 357 g/mol. The van der Waals surface area contributed by atoms with Gasteiger partial charge in [-0.05, 0) is 25.0 Å². The van der Waals surface area contributed by atoms with Crippen LogP contribution in [-0.4, -0.2) is 47.5 Å². The van der Waals surface area contributed by atoms with Gasteiger partial charge in [-0.2, -0.15) is 5.26 Å². The van der Waals surface area contributed by atoms with Gasteiger partial charge in [-0.15, -0.1) is 24.8 Å². The summed E-state index contributed by atoms with van der Waals surface area (Å²) in [6, 6.07) is 6.44. The summed E-state index contributed by atoms with van der Waals surface area (Å²) in [7, 11) is 0. The maximum absolute atomic E-state index is 12.0. The molecule has 3 rings (SSSR count). The molecule has 8 heteroatoms. The molecule has 2 aliphatic heterocycles. The van der Waals surface area contributed by atoms with Crippen LogP contribution >= 0.6 is 24.8 Å². The SMILES string of the molecule is Cl.Cl.N#Cc1ccc(N2C3CCC2CN(C(=O)CCN)C3)nc1. The van der Waals surface area contributed by atoms with Crippen molar-refractivity contribution in [3.63, 3.8) is 0 Å². The first-order valence-corrected chi connectivity index (χ1v) is 7.35. The summed E-state index contributed by atoms with van der Waals surface area (Å²) in [5, 5.41) is 8.84. The first-order chi connectivity index (χ1) is 10.2. The van der Waals surface area contributed by atoms with E-state index in [1.54, 1.807) is 12.3 Å². The summed E-state index contributed by atoms with van der Waals surface area (Å²) in [6.07, 6.45) is 4.20. The fraction of sp³-hybridized carbons (Fsp3) is 0.533. The van der Waals surface area contributed by atoms with Gasteiger partial charge in [0.25, 0.3) is 0 Å². The molecule has 3 heterocycles. The molecule has 1 aromatic rings. The Kier molecular flexibility index (Phi) is 7.07. The van der Waals surface area contributed by atoms with Crippen LogP contribution in [0.2, 0.25) is 0 Å². The van der Waals surface area contributed by atoms with Crippen molar-refractivity contribution in [1.29, 1.82) is 5.26 Å². The van der Waals surface area contributed by atoms with Crippen LogP contribution in [0.25, 0.3) is 0 Å². The van der Waals surface area contributed by atoms with Crippen LogP contribution in [0.4, 0.5) is 5.82 Å². The number of piperazine rings is 1. The molecule has 2 atom stereocenters. The number of nitrogens with zero attached hydrogens (tertiary/aromatic N) is 4. The van der Waals surface area contributed by atoms with Gasteiger partial charge < -0.3 is 15.5 Å². The standard InChI is InChI=1S/C15H19N5O.2ClH/c16-6-5-15(21)19-9-12-2-3-13(10-19)20(12)14-4-1-11(7-17)8-18-14;;/h1,4,8,12-13H,2-3,5-6,9-10,16H2;2*1H. The summed E-state index contributed by atoms with van der Waals surface area (Å²) >= 11 is 0. The Morgan fingerprint density at radius 3 is 2.43 bits per heavy atom. The van der Waals surface area contributed by atoms with Gasteiger partial charge >= 0.3 is 0 Å².